The zero-order valence-corrected chi connectivity index (χ0v) is 15.1. The molecule has 2 heterocycles. The van der Waals surface area contributed by atoms with Gasteiger partial charge in [-0.2, -0.15) is 5.10 Å². The highest BCUT2D eigenvalue weighted by molar-refractivity contribution is 14.1. The normalized spacial score (nSPS) is 12.3. The molecule has 19 heavy (non-hydrogen) atoms. The fourth-order valence-corrected chi connectivity index (χ4v) is 3.08. The van der Waals surface area contributed by atoms with E-state index < -0.39 is 8.07 Å². The molecule has 0 aliphatic heterocycles. The standard InChI is InChI=1S/C11H16ClIN4OSi/c1-19(2,3)5-4-18-7-17-8-6-14-11(12)15-9(8)10(13)16-17/h6H,4-5,7H2,1-3H3. The monoisotopic (exact) mass is 410 g/mol. The molecule has 2 aromatic rings. The number of aromatic nitrogens is 4. The predicted octanol–water partition coefficient (Wildman–Crippen LogP) is 3.40. The second kappa shape index (κ2) is 6.02. The number of ether oxygens (including phenoxy) is 1. The summed E-state index contributed by atoms with van der Waals surface area (Å²) in [5.74, 6) is 0. The van der Waals surface area contributed by atoms with Crippen molar-refractivity contribution in [2.24, 2.45) is 0 Å². The van der Waals surface area contributed by atoms with E-state index in [4.69, 9.17) is 16.3 Å². The molecule has 8 heteroatoms. The van der Waals surface area contributed by atoms with Crippen molar-refractivity contribution in [1.29, 1.82) is 0 Å². The average Bonchev–Trinajstić information content (AvgIpc) is 2.60. The topological polar surface area (TPSA) is 52.8 Å². The molecule has 0 saturated heterocycles. The van der Waals surface area contributed by atoms with Crippen LogP contribution in [0.2, 0.25) is 31.0 Å². The van der Waals surface area contributed by atoms with Crippen LogP contribution in [0.3, 0.4) is 0 Å². The molecule has 5 nitrogen and oxygen atoms in total. The van der Waals surface area contributed by atoms with E-state index in [0.29, 0.717) is 6.73 Å². The van der Waals surface area contributed by atoms with E-state index in [0.717, 1.165) is 27.4 Å². The summed E-state index contributed by atoms with van der Waals surface area (Å²) >= 11 is 7.93. The second-order valence-corrected chi connectivity index (χ2v) is 12.5. The van der Waals surface area contributed by atoms with Crippen molar-refractivity contribution in [3.05, 3.63) is 15.2 Å². The van der Waals surface area contributed by atoms with Crippen LogP contribution in [0, 0.1) is 3.70 Å². The molecule has 0 aliphatic carbocycles. The number of nitrogens with zero attached hydrogens (tertiary/aromatic N) is 4. The molecule has 0 aliphatic rings. The van der Waals surface area contributed by atoms with Gasteiger partial charge in [0.25, 0.3) is 0 Å². The lowest BCUT2D eigenvalue weighted by Gasteiger charge is -2.15. The molecule has 0 unspecified atom stereocenters. The predicted molar refractivity (Wildman–Crippen MR) is 87.2 cm³/mol. The summed E-state index contributed by atoms with van der Waals surface area (Å²) in [4.78, 5) is 8.17. The Morgan fingerprint density at radius 2 is 2.16 bits per heavy atom. The van der Waals surface area contributed by atoms with Crippen LogP contribution in [-0.4, -0.2) is 34.4 Å². The Morgan fingerprint density at radius 3 is 2.84 bits per heavy atom. The van der Waals surface area contributed by atoms with Gasteiger partial charge in [0.15, 0.2) is 0 Å². The number of fused-ring (bicyclic) bond motifs is 1. The number of rotatable bonds is 5. The van der Waals surface area contributed by atoms with Gasteiger partial charge in [-0.25, -0.2) is 14.6 Å². The van der Waals surface area contributed by atoms with Crippen molar-refractivity contribution in [2.75, 3.05) is 6.61 Å². The average molecular weight is 411 g/mol. The Morgan fingerprint density at radius 1 is 1.42 bits per heavy atom. The van der Waals surface area contributed by atoms with Gasteiger partial charge in [-0.1, -0.05) is 19.6 Å². The summed E-state index contributed by atoms with van der Waals surface area (Å²) in [5, 5.41) is 4.63. The lowest BCUT2D eigenvalue weighted by atomic mass is 10.5. The Labute approximate surface area is 131 Å². The van der Waals surface area contributed by atoms with Crippen molar-refractivity contribution in [2.45, 2.75) is 32.4 Å². The van der Waals surface area contributed by atoms with Gasteiger partial charge in [-0.15, -0.1) is 0 Å². The molecule has 2 aromatic heterocycles. The minimum absolute atomic E-state index is 0.240. The van der Waals surface area contributed by atoms with E-state index >= 15 is 0 Å². The van der Waals surface area contributed by atoms with Crippen LogP contribution in [0.4, 0.5) is 0 Å². The van der Waals surface area contributed by atoms with E-state index in [1.165, 1.54) is 0 Å². The van der Waals surface area contributed by atoms with Crippen LogP contribution in [0.15, 0.2) is 6.20 Å². The molecule has 0 bridgehead atoms. The van der Waals surface area contributed by atoms with E-state index in [-0.39, 0.29) is 5.28 Å². The van der Waals surface area contributed by atoms with Gasteiger partial charge < -0.3 is 4.74 Å². The summed E-state index contributed by atoms with van der Waals surface area (Å²) in [6, 6.07) is 1.14. The van der Waals surface area contributed by atoms with Crippen molar-refractivity contribution in [1.82, 2.24) is 19.7 Å². The van der Waals surface area contributed by atoms with E-state index in [9.17, 15) is 0 Å². The molecular formula is C11H16ClIN4OSi. The molecule has 0 amide bonds. The van der Waals surface area contributed by atoms with Crippen LogP contribution < -0.4 is 0 Å². The largest absolute Gasteiger partial charge is 0.360 e. The molecule has 0 saturated carbocycles. The summed E-state index contributed by atoms with van der Waals surface area (Å²) < 4.78 is 8.28. The molecule has 0 N–H and O–H groups in total. The van der Waals surface area contributed by atoms with Gasteiger partial charge in [0.05, 0.1) is 6.20 Å². The summed E-state index contributed by atoms with van der Waals surface area (Å²) in [7, 11) is -1.05. The maximum Gasteiger partial charge on any atom is 0.223 e. The molecule has 0 atom stereocenters. The zero-order valence-electron chi connectivity index (χ0n) is 11.2. The SMILES string of the molecule is C[Si](C)(C)CCOCn1nc(I)c2nc(Cl)ncc21. The molecule has 0 fully saturated rings. The smallest absolute Gasteiger partial charge is 0.223 e. The highest BCUT2D eigenvalue weighted by Crippen LogP contribution is 2.19. The minimum Gasteiger partial charge on any atom is -0.360 e. The van der Waals surface area contributed by atoms with Gasteiger partial charge in [0.2, 0.25) is 5.28 Å². The fourth-order valence-electron chi connectivity index (χ4n) is 1.53. The first kappa shape index (κ1) is 15.1. The van der Waals surface area contributed by atoms with Gasteiger partial charge in [0, 0.05) is 14.7 Å². The summed E-state index contributed by atoms with van der Waals surface area (Å²) in [5.41, 5.74) is 1.62. The van der Waals surface area contributed by atoms with Crippen LogP contribution in [-0.2, 0) is 11.5 Å². The maximum absolute atomic E-state index is 5.79. The lowest BCUT2D eigenvalue weighted by Crippen LogP contribution is -2.22. The third-order valence-corrected chi connectivity index (χ3v) is 5.24. The highest BCUT2D eigenvalue weighted by atomic mass is 127. The first-order chi connectivity index (χ1) is 8.87. The van der Waals surface area contributed by atoms with Crippen LogP contribution in [0.1, 0.15) is 0 Å². The van der Waals surface area contributed by atoms with Crippen LogP contribution in [0.5, 0.6) is 0 Å². The highest BCUT2D eigenvalue weighted by Gasteiger charge is 2.14. The first-order valence-corrected chi connectivity index (χ1v) is 11.2. The number of halogens is 2. The van der Waals surface area contributed by atoms with E-state index in [1.54, 1.807) is 10.9 Å². The van der Waals surface area contributed by atoms with Gasteiger partial charge >= 0.3 is 0 Å². The Balaban J connectivity index is 2.05. The third kappa shape index (κ3) is 4.10. The van der Waals surface area contributed by atoms with Crippen molar-refractivity contribution < 1.29 is 4.74 Å². The molecule has 104 valence electrons. The van der Waals surface area contributed by atoms with Crippen LogP contribution in [0.25, 0.3) is 11.0 Å². The summed E-state index contributed by atoms with van der Waals surface area (Å²) in [6.45, 7) is 8.19. The molecule has 2 rings (SSSR count). The Bertz CT molecular complexity index is 584. The minimum atomic E-state index is -1.05. The van der Waals surface area contributed by atoms with Gasteiger partial charge in [-0.05, 0) is 40.2 Å². The fraction of sp³-hybridized carbons (Fsp3) is 0.545. The Hall–Kier alpha value is -0.253. The number of hydrogen-bond donors (Lipinski definition) is 0. The van der Waals surface area contributed by atoms with Crippen molar-refractivity contribution >= 4 is 53.3 Å². The maximum atomic E-state index is 5.79. The first-order valence-electron chi connectivity index (χ1n) is 5.99. The molecule has 0 spiro atoms. The van der Waals surface area contributed by atoms with Crippen LogP contribution >= 0.6 is 34.2 Å². The van der Waals surface area contributed by atoms with E-state index in [1.807, 2.05) is 0 Å². The lowest BCUT2D eigenvalue weighted by molar-refractivity contribution is 0.0814. The molecular weight excluding hydrogens is 395 g/mol. The third-order valence-electron chi connectivity index (χ3n) is 2.63. The molecule has 0 aromatic carbocycles. The summed E-state index contributed by atoms with van der Waals surface area (Å²) in [6.07, 6.45) is 1.68. The Kier molecular flexibility index (Phi) is 4.80. The number of hydrogen-bond acceptors (Lipinski definition) is 4. The quantitative estimate of drug-likeness (QED) is 0.328. The molecule has 0 radical (unpaired) electrons. The van der Waals surface area contributed by atoms with Gasteiger partial charge in [-0.3, -0.25) is 0 Å². The van der Waals surface area contributed by atoms with Crippen molar-refractivity contribution in [3.63, 3.8) is 0 Å². The van der Waals surface area contributed by atoms with E-state index in [2.05, 4.69) is 57.3 Å². The second-order valence-electron chi connectivity index (χ2n) is 5.51. The zero-order chi connectivity index (χ0) is 14.0. The van der Waals surface area contributed by atoms with Gasteiger partial charge in [0.1, 0.15) is 21.5 Å². The van der Waals surface area contributed by atoms with Crippen molar-refractivity contribution in [3.8, 4) is 0 Å².